The maximum Gasteiger partial charge on any atom is 0.313 e. The molecule has 6 nitrogen and oxygen atoms in total. The van der Waals surface area contributed by atoms with Crippen LogP contribution in [-0.4, -0.2) is 18.0 Å². The highest BCUT2D eigenvalue weighted by Gasteiger charge is 2.46. The Bertz CT molecular complexity index is 515. The van der Waals surface area contributed by atoms with Gasteiger partial charge in [-0.3, -0.25) is 14.9 Å². The lowest BCUT2D eigenvalue weighted by molar-refractivity contribution is -0.385. The maximum atomic E-state index is 11.8. The Hall–Kier alpha value is -1.66. The summed E-state index contributed by atoms with van der Waals surface area (Å²) in [5.41, 5.74) is 4.58. The number of nitrogens with zero attached hydrogens (tertiary/aromatic N) is 1. The molecule has 1 aromatic rings. The van der Waals surface area contributed by atoms with E-state index in [0.717, 1.165) is 0 Å². The first kappa shape index (κ1) is 18.3. The normalized spacial score (nSPS) is 13.8. The molecular formula is C13H19ClN2O4. The van der Waals surface area contributed by atoms with Gasteiger partial charge >= 0.3 is 5.97 Å². The molecule has 1 rings (SSSR count). The molecule has 0 spiro atoms. The molecule has 7 heteroatoms. The van der Waals surface area contributed by atoms with Crippen LogP contribution in [0.2, 0.25) is 0 Å². The van der Waals surface area contributed by atoms with E-state index < -0.39 is 21.8 Å². The molecule has 0 saturated carbocycles. The summed E-state index contributed by atoms with van der Waals surface area (Å²) in [6.07, 6.45) is 0. The van der Waals surface area contributed by atoms with Crippen molar-refractivity contribution in [2.75, 3.05) is 7.11 Å². The second-order valence-corrected chi connectivity index (χ2v) is 5.13. The summed E-state index contributed by atoms with van der Waals surface area (Å²) >= 11 is 0. The number of non-ortho nitro benzene ring substituents is 1. The number of carbonyl (C=O) groups is 1. The highest BCUT2D eigenvalue weighted by Crippen LogP contribution is 2.39. The van der Waals surface area contributed by atoms with Crippen molar-refractivity contribution in [1.29, 1.82) is 0 Å². The Labute approximate surface area is 123 Å². The molecule has 0 aliphatic rings. The summed E-state index contributed by atoms with van der Waals surface area (Å²) < 4.78 is 4.75. The zero-order valence-corrected chi connectivity index (χ0v) is 12.7. The number of carbonyl (C=O) groups excluding carboxylic acids is 1. The van der Waals surface area contributed by atoms with Crippen LogP contribution in [-0.2, 0) is 15.1 Å². The van der Waals surface area contributed by atoms with Crippen molar-refractivity contribution < 1.29 is 14.5 Å². The zero-order valence-electron chi connectivity index (χ0n) is 11.9. The second-order valence-electron chi connectivity index (χ2n) is 5.13. The molecule has 0 aliphatic heterocycles. The minimum atomic E-state index is -1.09. The number of halogens is 1. The van der Waals surface area contributed by atoms with Gasteiger partial charge in [-0.1, -0.05) is 12.1 Å². The lowest BCUT2D eigenvalue weighted by atomic mass is 9.70. The molecule has 0 saturated heterocycles. The Morgan fingerprint density at radius 1 is 1.35 bits per heavy atom. The molecule has 1 atom stereocenters. The molecule has 112 valence electrons. The largest absolute Gasteiger partial charge is 0.469 e. The van der Waals surface area contributed by atoms with Crippen LogP contribution < -0.4 is 5.73 Å². The summed E-state index contributed by atoms with van der Waals surface area (Å²) in [5.74, 6) is -0.469. The Morgan fingerprint density at radius 2 is 1.90 bits per heavy atom. The van der Waals surface area contributed by atoms with Crippen LogP contribution in [0.3, 0.4) is 0 Å². The third kappa shape index (κ3) is 3.08. The first-order chi connectivity index (χ1) is 8.64. The molecule has 0 amide bonds. The number of rotatable bonds is 4. The Balaban J connectivity index is 0.00000361. The third-order valence-corrected chi connectivity index (χ3v) is 3.65. The van der Waals surface area contributed by atoms with Gasteiger partial charge in [-0.25, -0.2) is 0 Å². The lowest BCUT2D eigenvalue weighted by Gasteiger charge is -2.39. The van der Waals surface area contributed by atoms with E-state index in [-0.39, 0.29) is 18.1 Å². The minimum Gasteiger partial charge on any atom is -0.469 e. The van der Waals surface area contributed by atoms with Crippen LogP contribution in [0.15, 0.2) is 24.3 Å². The lowest BCUT2D eigenvalue weighted by Crippen LogP contribution is -2.52. The van der Waals surface area contributed by atoms with Crippen LogP contribution in [0.4, 0.5) is 5.69 Å². The molecular weight excluding hydrogens is 284 g/mol. The van der Waals surface area contributed by atoms with E-state index in [1.807, 2.05) is 0 Å². The van der Waals surface area contributed by atoms with Crippen molar-refractivity contribution in [2.45, 2.75) is 26.3 Å². The monoisotopic (exact) mass is 302 g/mol. The highest BCUT2D eigenvalue weighted by atomic mass is 35.5. The molecule has 0 radical (unpaired) electrons. The quantitative estimate of drug-likeness (QED) is 0.523. The van der Waals surface area contributed by atoms with Crippen molar-refractivity contribution in [2.24, 2.45) is 11.1 Å². The minimum absolute atomic E-state index is 0. The molecule has 1 aromatic carbocycles. The summed E-state index contributed by atoms with van der Waals surface area (Å²) in [6, 6.07) is 5.97. The average Bonchev–Trinajstić information content (AvgIpc) is 2.37. The van der Waals surface area contributed by atoms with E-state index in [9.17, 15) is 14.9 Å². The second kappa shape index (κ2) is 6.19. The van der Waals surface area contributed by atoms with Gasteiger partial charge in [-0.15, -0.1) is 12.4 Å². The van der Waals surface area contributed by atoms with Gasteiger partial charge in [0.1, 0.15) is 0 Å². The maximum absolute atomic E-state index is 11.8. The van der Waals surface area contributed by atoms with Gasteiger partial charge in [-0.2, -0.15) is 0 Å². The van der Waals surface area contributed by atoms with E-state index in [1.54, 1.807) is 32.9 Å². The van der Waals surface area contributed by atoms with Gasteiger partial charge in [0.25, 0.3) is 5.69 Å². The van der Waals surface area contributed by atoms with Crippen LogP contribution in [0.1, 0.15) is 26.3 Å². The van der Waals surface area contributed by atoms with Gasteiger partial charge in [0.05, 0.1) is 23.0 Å². The molecule has 0 fully saturated rings. The van der Waals surface area contributed by atoms with Crippen molar-refractivity contribution in [3.63, 3.8) is 0 Å². The first-order valence-electron chi connectivity index (χ1n) is 5.77. The fourth-order valence-electron chi connectivity index (χ4n) is 1.77. The van der Waals surface area contributed by atoms with Gasteiger partial charge in [0.15, 0.2) is 0 Å². The summed E-state index contributed by atoms with van der Waals surface area (Å²) in [6.45, 7) is 4.96. The van der Waals surface area contributed by atoms with Gasteiger partial charge in [0.2, 0.25) is 0 Å². The zero-order chi connectivity index (χ0) is 14.8. The molecule has 0 unspecified atom stereocenters. The molecule has 0 heterocycles. The number of nitro benzene ring substituents is 1. The predicted molar refractivity (Wildman–Crippen MR) is 77.7 cm³/mol. The molecule has 0 bridgehead atoms. The number of hydrogen-bond donors (Lipinski definition) is 1. The van der Waals surface area contributed by atoms with E-state index in [1.165, 1.54) is 19.2 Å². The molecule has 0 aromatic heterocycles. The van der Waals surface area contributed by atoms with Crippen molar-refractivity contribution in [3.8, 4) is 0 Å². The van der Waals surface area contributed by atoms with Gasteiger partial charge in [0, 0.05) is 12.1 Å². The summed E-state index contributed by atoms with van der Waals surface area (Å²) in [7, 11) is 1.29. The first-order valence-corrected chi connectivity index (χ1v) is 5.77. The fraction of sp³-hybridized carbons (Fsp3) is 0.462. The Kier molecular flexibility index (Phi) is 5.68. The van der Waals surface area contributed by atoms with E-state index in [0.29, 0.717) is 5.56 Å². The van der Waals surface area contributed by atoms with E-state index in [2.05, 4.69) is 0 Å². The number of nitro groups is 1. The van der Waals surface area contributed by atoms with Crippen molar-refractivity contribution in [1.82, 2.24) is 0 Å². The molecule has 2 N–H and O–H groups in total. The van der Waals surface area contributed by atoms with Gasteiger partial charge in [-0.05, 0) is 26.3 Å². The van der Waals surface area contributed by atoms with E-state index >= 15 is 0 Å². The number of esters is 1. The van der Waals surface area contributed by atoms with Crippen LogP contribution in [0.5, 0.6) is 0 Å². The predicted octanol–water partition coefficient (Wildman–Crippen LogP) is 2.39. The Morgan fingerprint density at radius 3 is 2.35 bits per heavy atom. The highest BCUT2D eigenvalue weighted by molar-refractivity contribution is 5.85. The standard InChI is InChI=1S/C13H18N2O4.ClH/c1-12(2,11(16)19-4)13(3,14)9-6-5-7-10(8-9)15(17)18;/h5-8H,14H2,1-4H3;1H/t13-;/m1./s1. The number of benzene rings is 1. The molecule has 0 aliphatic carbocycles. The SMILES string of the molecule is COC(=O)C(C)(C)[C@](C)(N)c1cccc([N+](=O)[O-])c1.Cl. The summed E-state index contributed by atoms with van der Waals surface area (Å²) in [5, 5.41) is 10.8. The average molecular weight is 303 g/mol. The number of hydrogen-bond acceptors (Lipinski definition) is 5. The van der Waals surface area contributed by atoms with Gasteiger partial charge < -0.3 is 10.5 Å². The fourth-order valence-corrected chi connectivity index (χ4v) is 1.77. The third-order valence-electron chi connectivity index (χ3n) is 3.65. The van der Waals surface area contributed by atoms with E-state index in [4.69, 9.17) is 10.5 Å². The number of methoxy groups -OCH3 is 1. The summed E-state index contributed by atoms with van der Waals surface area (Å²) in [4.78, 5) is 22.1. The topological polar surface area (TPSA) is 95.5 Å². The smallest absolute Gasteiger partial charge is 0.313 e. The molecule has 20 heavy (non-hydrogen) atoms. The van der Waals surface area contributed by atoms with Crippen molar-refractivity contribution in [3.05, 3.63) is 39.9 Å². The van der Waals surface area contributed by atoms with Crippen LogP contribution in [0, 0.1) is 15.5 Å². The number of nitrogens with two attached hydrogens (primary N) is 1. The van der Waals surface area contributed by atoms with Crippen LogP contribution in [0.25, 0.3) is 0 Å². The van der Waals surface area contributed by atoms with Crippen LogP contribution >= 0.6 is 12.4 Å². The van der Waals surface area contributed by atoms with Crippen molar-refractivity contribution >= 4 is 24.1 Å². The number of ether oxygens (including phenoxy) is 1.